The van der Waals surface area contributed by atoms with Crippen molar-refractivity contribution in [3.63, 3.8) is 0 Å². The molecule has 1 aliphatic rings. The lowest BCUT2D eigenvalue weighted by molar-refractivity contribution is -0.130. The van der Waals surface area contributed by atoms with Crippen molar-refractivity contribution in [2.45, 2.75) is 18.6 Å². The highest BCUT2D eigenvalue weighted by molar-refractivity contribution is 5.85. The molecule has 3 rings (SSSR count). The molecule has 19 heavy (non-hydrogen) atoms. The predicted octanol–water partition coefficient (Wildman–Crippen LogP) is 0.752. The summed E-state index contributed by atoms with van der Waals surface area (Å²) in [5.41, 5.74) is 12.8. The Kier molecular flexibility index (Phi) is 2.93. The largest absolute Gasteiger partial charge is 0.322 e. The Morgan fingerprint density at radius 1 is 1.32 bits per heavy atom. The van der Waals surface area contributed by atoms with Gasteiger partial charge >= 0.3 is 0 Å². The molecule has 4 N–H and O–H groups in total. The standard InChI is InChI=1S/C14H16N4O/c15-12-4-6-18(14(12)19)13(16)10-2-1-9-3-5-17-8-11(9)7-10/h1-3,5,7-8,12-13H,4,6,15-16H2/t12-,13?/m1/s1. The summed E-state index contributed by atoms with van der Waals surface area (Å²) in [6, 6.07) is 7.45. The van der Waals surface area contributed by atoms with Crippen LogP contribution in [-0.4, -0.2) is 28.4 Å². The summed E-state index contributed by atoms with van der Waals surface area (Å²) in [5, 5.41) is 2.13. The number of pyridine rings is 1. The molecule has 1 aromatic carbocycles. The van der Waals surface area contributed by atoms with Crippen LogP contribution in [0.5, 0.6) is 0 Å². The molecule has 1 amide bonds. The van der Waals surface area contributed by atoms with Crippen LogP contribution in [0.25, 0.3) is 10.8 Å². The highest BCUT2D eigenvalue weighted by Gasteiger charge is 2.32. The minimum absolute atomic E-state index is 0.0706. The summed E-state index contributed by atoms with van der Waals surface area (Å²) in [4.78, 5) is 17.6. The fourth-order valence-electron chi connectivity index (χ4n) is 2.47. The third kappa shape index (κ3) is 2.07. The fourth-order valence-corrected chi connectivity index (χ4v) is 2.47. The SMILES string of the molecule is NC(c1ccc2ccncc2c1)N1CC[C@@H](N)C1=O. The summed E-state index contributed by atoms with van der Waals surface area (Å²) in [6.45, 7) is 0.617. The number of likely N-dealkylation sites (tertiary alicyclic amines) is 1. The first kappa shape index (κ1) is 12.1. The average Bonchev–Trinajstić information content (AvgIpc) is 2.78. The number of carbonyl (C=O) groups is 1. The topological polar surface area (TPSA) is 85.2 Å². The Labute approximate surface area is 111 Å². The number of hydrogen-bond donors (Lipinski definition) is 2. The van der Waals surface area contributed by atoms with Gasteiger partial charge in [-0.05, 0) is 29.5 Å². The van der Waals surface area contributed by atoms with Gasteiger partial charge in [-0.2, -0.15) is 0 Å². The number of nitrogens with zero attached hydrogens (tertiary/aromatic N) is 2. The van der Waals surface area contributed by atoms with Crippen molar-refractivity contribution in [1.82, 2.24) is 9.88 Å². The molecule has 1 unspecified atom stereocenters. The van der Waals surface area contributed by atoms with E-state index in [4.69, 9.17) is 11.5 Å². The predicted molar refractivity (Wildman–Crippen MR) is 73.0 cm³/mol. The average molecular weight is 256 g/mol. The molecule has 5 nitrogen and oxygen atoms in total. The summed E-state index contributed by atoms with van der Waals surface area (Å²) < 4.78 is 0. The van der Waals surface area contributed by atoms with E-state index in [2.05, 4.69) is 4.98 Å². The van der Waals surface area contributed by atoms with Crippen LogP contribution >= 0.6 is 0 Å². The van der Waals surface area contributed by atoms with Crippen molar-refractivity contribution < 1.29 is 4.79 Å². The molecular formula is C14H16N4O. The lowest BCUT2D eigenvalue weighted by Gasteiger charge is -2.24. The summed E-state index contributed by atoms with van der Waals surface area (Å²) >= 11 is 0. The highest BCUT2D eigenvalue weighted by atomic mass is 16.2. The highest BCUT2D eigenvalue weighted by Crippen LogP contribution is 2.24. The molecule has 1 aliphatic heterocycles. The fraction of sp³-hybridized carbons (Fsp3) is 0.286. The van der Waals surface area contributed by atoms with E-state index in [1.807, 2.05) is 24.3 Å². The summed E-state index contributed by atoms with van der Waals surface area (Å²) in [5.74, 6) is -0.0706. The van der Waals surface area contributed by atoms with E-state index in [-0.39, 0.29) is 5.91 Å². The quantitative estimate of drug-likeness (QED) is 0.830. The lowest BCUT2D eigenvalue weighted by Crippen LogP contribution is -2.40. The van der Waals surface area contributed by atoms with Gasteiger partial charge in [0.25, 0.3) is 0 Å². The van der Waals surface area contributed by atoms with E-state index in [1.54, 1.807) is 17.3 Å². The van der Waals surface area contributed by atoms with E-state index < -0.39 is 12.2 Å². The normalized spacial score (nSPS) is 21.1. The van der Waals surface area contributed by atoms with Crippen LogP contribution in [-0.2, 0) is 4.79 Å². The van der Waals surface area contributed by atoms with Gasteiger partial charge in [-0.15, -0.1) is 0 Å². The van der Waals surface area contributed by atoms with Crippen LogP contribution < -0.4 is 11.5 Å². The van der Waals surface area contributed by atoms with Crippen LogP contribution in [0, 0.1) is 0 Å². The molecule has 5 heteroatoms. The van der Waals surface area contributed by atoms with Gasteiger partial charge in [0, 0.05) is 24.3 Å². The zero-order valence-electron chi connectivity index (χ0n) is 10.5. The van der Waals surface area contributed by atoms with Crippen molar-refractivity contribution in [3.8, 4) is 0 Å². The van der Waals surface area contributed by atoms with E-state index in [0.29, 0.717) is 13.0 Å². The number of aromatic nitrogens is 1. The number of hydrogen-bond acceptors (Lipinski definition) is 4. The maximum absolute atomic E-state index is 11.9. The van der Waals surface area contributed by atoms with E-state index >= 15 is 0 Å². The van der Waals surface area contributed by atoms with E-state index in [9.17, 15) is 4.79 Å². The number of rotatable bonds is 2. The van der Waals surface area contributed by atoms with Gasteiger partial charge < -0.3 is 16.4 Å². The van der Waals surface area contributed by atoms with Gasteiger partial charge in [-0.1, -0.05) is 12.1 Å². The molecule has 2 heterocycles. The number of carbonyl (C=O) groups excluding carboxylic acids is 1. The number of amides is 1. The van der Waals surface area contributed by atoms with E-state index in [1.165, 1.54) is 0 Å². The molecule has 2 atom stereocenters. The molecule has 2 aromatic rings. The molecule has 0 bridgehead atoms. The van der Waals surface area contributed by atoms with Gasteiger partial charge in [-0.3, -0.25) is 9.78 Å². The van der Waals surface area contributed by atoms with Gasteiger partial charge in [0.05, 0.1) is 6.04 Å². The number of nitrogens with two attached hydrogens (primary N) is 2. The molecule has 98 valence electrons. The second-order valence-electron chi connectivity index (χ2n) is 4.85. The van der Waals surface area contributed by atoms with Gasteiger partial charge in [0.15, 0.2) is 0 Å². The molecule has 0 saturated carbocycles. The van der Waals surface area contributed by atoms with Crippen LogP contribution in [0.3, 0.4) is 0 Å². The molecule has 1 fully saturated rings. The third-order valence-corrected chi connectivity index (χ3v) is 3.62. The molecule has 0 aliphatic carbocycles. The first-order chi connectivity index (χ1) is 9.16. The molecule has 0 spiro atoms. The maximum atomic E-state index is 11.9. The van der Waals surface area contributed by atoms with Gasteiger partial charge in [0.2, 0.25) is 5.91 Å². The second kappa shape index (κ2) is 4.60. The van der Waals surface area contributed by atoms with Crippen LogP contribution in [0.2, 0.25) is 0 Å². The van der Waals surface area contributed by atoms with Crippen LogP contribution in [0.1, 0.15) is 18.2 Å². The maximum Gasteiger partial charge on any atom is 0.241 e. The number of benzene rings is 1. The van der Waals surface area contributed by atoms with Crippen molar-refractivity contribution in [1.29, 1.82) is 0 Å². The van der Waals surface area contributed by atoms with Gasteiger partial charge in [-0.25, -0.2) is 0 Å². The Morgan fingerprint density at radius 2 is 2.16 bits per heavy atom. The molecular weight excluding hydrogens is 240 g/mol. The van der Waals surface area contributed by atoms with Crippen LogP contribution in [0.15, 0.2) is 36.7 Å². The molecule has 1 saturated heterocycles. The van der Waals surface area contributed by atoms with Gasteiger partial charge in [0.1, 0.15) is 6.17 Å². The third-order valence-electron chi connectivity index (χ3n) is 3.62. The Bertz CT molecular complexity index is 628. The second-order valence-corrected chi connectivity index (χ2v) is 4.85. The first-order valence-corrected chi connectivity index (χ1v) is 6.32. The lowest BCUT2D eigenvalue weighted by atomic mass is 10.1. The zero-order chi connectivity index (χ0) is 13.4. The summed E-state index contributed by atoms with van der Waals surface area (Å²) in [6.07, 6.45) is 3.78. The number of fused-ring (bicyclic) bond motifs is 1. The first-order valence-electron chi connectivity index (χ1n) is 6.32. The minimum Gasteiger partial charge on any atom is -0.322 e. The van der Waals surface area contributed by atoms with Crippen molar-refractivity contribution >= 4 is 16.7 Å². The minimum atomic E-state index is -0.439. The van der Waals surface area contributed by atoms with Crippen molar-refractivity contribution in [2.24, 2.45) is 11.5 Å². The Balaban J connectivity index is 1.93. The Morgan fingerprint density at radius 3 is 2.89 bits per heavy atom. The van der Waals surface area contributed by atoms with Crippen LogP contribution in [0.4, 0.5) is 0 Å². The van der Waals surface area contributed by atoms with E-state index in [0.717, 1.165) is 16.3 Å². The molecule has 1 aromatic heterocycles. The monoisotopic (exact) mass is 256 g/mol. The van der Waals surface area contributed by atoms with Crippen molar-refractivity contribution in [2.75, 3.05) is 6.54 Å². The summed E-state index contributed by atoms with van der Waals surface area (Å²) in [7, 11) is 0. The zero-order valence-corrected chi connectivity index (χ0v) is 10.5. The Hall–Kier alpha value is -1.98. The smallest absolute Gasteiger partial charge is 0.241 e. The van der Waals surface area contributed by atoms with Crippen molar-refractivity contribution in [3.05, 3.63) is 42.2 Å². The molecule has 0 radical (unpaired) electrons.